The van der Waals surface area contributed by atoms with Crippen LogP contribution in [0.1, 0.15) is 91.3 Å². The van der Waals surface area contributed by atoms with Crippen LogP contribution in [0.5, 0.6) is 0 Å². The average molecular weight is 817 g/mol. The highest BCUT2D eigenvalue weighted by Gasteiger charge is 2.46. The van der Waals surface area contributed by atoms with Crippen molar-refractivity contribution in [3.63, 3.8) is 0 Å². The van der Waals surface area contributed by atoms with E-state index in [2.05, 4.69) is 206 Å². The molecule has 0 aromatic heterocycles. The molecular formula is C61H56N2. The molecule has 2 aliphatic heterocycles. The first kappa shape index (κ1) is 37.4. The topological polar surface area (TPSA) is 6.48 Å². The van der Waals surface area contributed by atoms with Gasteiger partial charge in [0, 0.05) is 45.6 Å². The van der Waals surface area contributed by atoms with Crippen molar-refractivity contribution < 1.29 is 0 Å². The summed E-state index contributed by atoms with van der Waals surface area (Å²) in [5.74, 6) is 1.56. The van der Waals surface area contributed by atoms with E-state index in [4.69, 9.17) is 0 Å². The Bertz CT molecular complexity index is 2890. The Balaban J connectivity index is 0.814. The summed E-state index contributed by atoms with van der Waals surface area (Å²) in [5, 5.41) is 0. The fourth-order valence-electron chi connectivity index (χ4n) is 13.6. The highest BCUT2D eigenvalue weighted by molar-refractivity contribution is 5.87. The van der Waals surface area contributed by atoms with Gasteiger partial charge >= 0.3 is 0 Å². The number of benzene rings is 5. The fourth-order valence-corrected chi connectivity index (χ4v) is 13.6. The average Bonchev–Trinajstić information content (AvgIpc) is 3.71. The van der Waals surface area contributed by atoms with Crippen LogP contribution in [-0.2, 0) is 17.3 Å². The second-order valence-electron chi connectivity index (χ2n) is 20.3. The van der Waals surface area contributed by atoms with Crippen molar-refractivity contribution in [3.8, 4) is 22.3 Å². The Hall–Kier alpha value is -6.12. The van der Waals surface area contributed by atoms with E-state index in [1.165, 1.54) is 106 Å². The summed E-state index contributed by atoms with van der Waals surface area (Å²) < 4.78 is 0. The predicted molar refractivity (Wildman–Crippen MR) is 265 cm³/mol. The van der Waals surface area contributed by atoms with Gasteiger partial charge in [0.25, 0.3) is 0 Å². The van der Waals surface area contributed by atoms with Crippen molar-refractivity contribution in [1.29, 1.82) is 0 Å². The number of para-hydroxylation sites is 1. The van der Waals surface area contributed by atoms with Crippen LogP contribution in [0, 0.1) is 17.8 Å². The van der Waals surface area contributed by atoms with Crippen molar-refractivity contribution >= 4 is 29.2 Å². The molecule has 0 amide bonds. The van der Waals surface area contributed by atoms with Crippen LogP contribution in [0.4, 0.5) is 17.1 Å². The fraction of sp³-hybridized carbons (Fsp3) is 0.279. The molecule has 63 heavy (non-hydrogen) atoms. The number of hydrogen-bond donors (Lipinski definition) is 0. The van der Waals surface area contributed by atoms with Crippen molar-refractivity contribution in [1.82, 2.24) is 0 Å². The quantitative estimate of drug-likeness (QED) is 0.167. The Morgan fingerprint density at radius 2 is 1.02 bits per heavy atom. The first-order chi connectivity index (χ1) is 30.9. The summed E-state index contributed by atoms with van der Waals surface area (Å²) in [6, 6.07) is 39.5. The van der Waals surface area contributed by atoms with Crippen LogP contribution >= 0.6 is 0 Å². The lowest BCUT2D eigenvalue weighted by molar-refractivity contribution is 0.320. The molecule has 5 aromatic carbocycles. The molecule has 1 saturated carbocycles. The highest BCUT2D eigenvalue weighted by Crippen LogP contribution is 2.58. The van der Waals surface area contributed by atoms with Crippen LogP contribution in [0.3, 0.4) is 0 Å². The number of nitrogens with zero attached hydrogens (tertiary/aromatic N) is 2. The van der Waals surface area contributed by atoms with Gasteiger partial charge in [-0.2, -0.15) is 0 Å². The number of rotatable bonds is 4. The molecule has 1 saturated heterocycles. The highest BCUT2D eigenvalue weighted by atomic mass is 15.2. The zero-order chi connectivity index (χ0) is 41.9. The summed E-state index contributed by atoms with van der Waals surface area (Å²) in [5.41, 5.74) is 19.6. The van der Waals surface area contributed by atoms with Crippen LogP contribution in [0.15, 0.2) is 170 Å². The number of piperidine rings is 1. The SMILES string of the molecule is CC1(C)c2cc(C=Cc3ccc4c(c3)C3(CCCCC3)c3cc(N5C6C=CC=CC6CC6C=CC=CC65)ccc3-4)ccc2-c2ccc(N3c4ccccc4CC4C=CC=CC43)cc21. The molecule has 2 fully saturated rings. The lowest BCUT2D eigenvalue weighted by Gasteiger charge is -2.50. The second-order valence-corrected chi connectivity index (χ2v) is 20.3. The molecule has 2 nitrogen and oxygen atoms in total. The van der Waals surface area contributed by atoms with E-state index >= 15 is 0 Å². The van der Waals surface area contributed by atoms with Crippen molar-refractivity contribution in [2.24, 2.45) is 17.8 Å². The molecule has 0 bridgehead atoms. The van der Waals surface area contributed by atoms with Gasteiger partial charge in [-0.3, -0.25) is 0 Å². The third kappa shape index (κ3) is 5.69. The molecule has 2 heterocycles. The van der Waals surface area contributed by atoms with E-state index in [1.54, 1.807) is 11.1 Å². The maximum absolute atomic E-state index is 2.76. The van der Waals surface area contributed by atoms with Crippen molar-refractivity contribution in [3.05, 3.63) is 209 Å². The summed E-state index contributed by atoms with van der Waals surface area (Å²) in [6.07, 6.45) is 41.5. The Morgan fingerprint density at radius 3 is 1.71 bits per heavy atom. The van der Waals surface area contributed by atoms with Crippen LogP contribution in [0.25, 0.3) is 34.4 Å². The molecule has 6 unspecified atom stereocenters. The van der Waals surface area contributed by atoms with E-state index in [0.717, 1.165) is 6.42 Å². The van der Waals surface area contributed by atoms with Gasteiger partial charge in [-0.25, -0.2) is 0 Å². The van der Waals surface area contributed by atoms with E-state index in [-0.39, 0.29) is 10.8 Å². The lowest BCUT2D eigenvalue weighted by Crippen LogP contribution is -2.54. The van der Waals surface area contributed by atoms with Gasteiger partial charge < -0.3 is 9.80 Å². The second kappa shape index (κ2) is 14.2. The molecule has 5 aromatic rings. The van der Waals surface area contributed by atoms with Crippen molar-refractivity contribution in [2.75, 3.05) is 9.80 Å². The summed E-state index contributed by atoms with van der Waals surface area (Å²) >= 11 is 0. The molecule has 1 spiro atoms. The normalized spacial score (nSPS) is 26.8. The number of hydrogen-bond acceptors (Lipinski definition) is 2. The molecule has 0 N–H and O–H groups in total. The molecule has 6 aliphatic carbocycles. The maximum Gasteiger partial charge on any atom is 0.0591 e. The van der Waals surface area contributed by atoms with Gasteiger partial charge in [0.2, 0.25) is 0 Å². The Labute approximate surface area is 374 Å². The van der Waals surface area contributed by atoms with Gasteiger partial charge in [-0.1, -0.05) is 185 Å². The smallest absolute Gasteiger partial charge is 0.0591 e. The molecular weight excluding hydrogens is 761 g/mol. The van der Waals surface area contributed by atoms with Gasteiger partial charge in [0.15, 0.2) is 0 Å². The summed E-state index contributed by atoms with van der Waals surface area (Å²) in [4.78, 5) is 5.36. The maximum atomic E-state index is 2.76. The Kier molecular flexibility index (Phi) is 8.44. The standard InChI is InChI=1S/C61H56N2/c1-60(2)52-34-40(24-28-48(52)49-30-26-46(38-53(49)60)62-56-18-8-4-14-42(56)36-43-15-5-9-19-57(43)62)22-23-41-25-29-50-51-31-27-47(39-55(51)61(54(50)35-41)32-12-3-13-33-61)63-58-20-10-6-16-44(58)37-45-17-7-11-21-59(45)63/h4-11,14-31,34-35,38-39,42,44-45,56,58-59H,3,12-13,32-33,36-37H2,1-2H3. The Morgan fingerprint density at radius 1 is 0.492 bits per heavy atom. The van der Waals surface area contributed by atoms with Crippen LogP contribution < -0.4 is 9.80 Å². The number of allylic oxidation sites excluding steroid dienone is 6. The van der Waals surface area contributed by atoms with Gasteiger partial charge in [0.1, 0.15) is 0 Å². The van der Waals surface area contributed by atoms with Crippen LogP contribution in [0.2, 0.25) is 0 Å². The third-order valence-corrected chi connectivity index (χ3v) is 16.6. The summed E-state index contributed by atoms with van der Waals surface area (Å²) in [7, 11) is 0. The monoisotopic (exact) mass is 816 g/mol. The predicted octanol–water partition coefficient (Wildman–Crippen LogP) is 14.6. The van der Waals surface area contributed by atoms with Crippen LogP contribution in [-0.4, -0.2) is 18.1 Å². The first-order valence-corrected chi connectivity index (χ1v) is 23.9. The molecule has 2 heteroatoms. The van der Waals surface area contributed by atoms with E-state index in [9.17, 15) is 0 Å². The largest absolute Gasteiger partial charge is 0.357 e. The van der Waals surface area contributed by atoms with E-state index < -0.39 is 0 Å². The minimum atomic E-state index is -0.114. The van der Waals surface area contributed by atoms with E-state index in [0.29, 0.717) is 35.9 Å². The molecule has 8 aliphatic rings. The zero-order valence-electron chi connectivity index (χ0n) is 36.6. The molecule has 6 atom stereocenters. The van der Waals surface area contributed by atoms with Gasteiger partial charge in [-0.05, 0) is 117 Å². The first-order valence-electron chi connectivity index (χ1n) is 23.9. The molecule has 13 rings (SSSR count). The third-order valence-electron chi connectivity index (χ3n) is 16.6. The molecule has 310 valence electrons. The minimum absolute atomic E-state index is 0.0748. The van der Waals surface area contributed by atoms with Crippen molar-refractivity contribution in [2.45, 2.75) is 87.7 Å². The summed E-state index contributed by atoms with van der Waals surface area (Å²) in [6.45, 7) is 4.85. The van der Waals surface area contributed by atoms with E-state index in [1.807, 2.05) is 0 Å². The number of anilines is 3. The zero-order valence-corrected chi connectivity index (χ0v) is 36.6. The molecule has 0 radical (unpaired) electrons. The minimum Gasteiger partial charge on any atom is -0.357 e. The lowest BCUT2D eigenvalue weighted by atomic mass is 9.67. The number of fused-ring (bicyclic) bond motifs is 12. The van der Waals surface area contributed by atoms with Gasteiger partial charge in [-0.15, -0.1) is 0 Å². The van der Waals surface area contributed by atoms with Gasteiger partial charge in [0.05, 0.1) is 18.1 Å².